The smallest absolute Gasteiger partial charge is 0.319 e. The minimum Gasteiger partial charge on any atom is -0.480 e. The average Bonchev–Trinajstić information content (AvgIpc) is 2.84. The molecule has 0 aromatic rings. The lowest BCUT2D eigenvalue weighted by Crippen LogP contribution is -2.29. The van der Waals surface area contributed by atoms with Gasteiger partial charge in [-0.3, -0.25) is 9.00 Å². The highest BCUT2D eigenvalue weighted by molar-refractivity contribution is 7.86. The van der Waals surface area contributed by atoms with E-state index in [0.29, 0.717) is 5.75 Å². The van der Waals surface area contributed by atoms with Crippen molar-refractivity contribution in [1.29, 1.82) is 0 Å². The van der Waals surface area contributed by atoms with Gasteiger partial charge in [0.05, 0.1) is 0 Å². The van der Waals surface area contributed by atoms with Crippen LogP contribution in [0.5, 0.6) is 0 Å². The number of hydrogen-bond donors (Lipinski definition) is 1. The maximum atomic E-state index is 11.6. The van der Waals surface area contributed by atoms with Gasteiger partial charge in [-0.2, -0.15) is 0 Å². The zero-order chi connectivity index (χ0) is 9.84. The van der Waals surface area contributed by atoms with Crippen LogP contribution in [-0.2, 0) is 15.6 Å². The zero-order valence-corrected chi connectivity index (χ0v) is 8.68. The number of carbonyl (C=O) groups is 1. The molecular formula is C9H16O3S. The molecule has 1 aliphatic carbocycles. The SMILES string of the molecule is CCCCS(=O)C(C(=O)O)C1CC1. The number of unbranched alkanes of at least 4 members (excludes halogenated alkanes) is 1. The molecule has 1 rings (SSSR count). The molecule has 0 heterocycles. The van der Waals surface area contributed by atoms with Crippen molar-refractivity contribution in [1.82, 2.24) is 0 Å². The van der Waals surface area contributed by atoms with Crippen molar-refractivity contribution in [2.24, 2.45) is 5.92 Å². The summed E-state index contributed by atoms with van der Waals surface area (Å²) in [5.41, 5.74) is 0. The maximum absolute atomic E-state index is 11.6. The van der Waals surface area contributed by atoms with Crippen LogP contribution >= 0.6 is 0 Å². The van der Waals surface area contributed by atoms with Crippen LogP contribution in [0.1, 0.15) is 32.6 Å². The number of carboxylic acids is 1. The van der Waals surface area contributed by atoms with E-state index in [-0.39, 0.29) is 5.92 Å². The van der Waals surface area contributed by atoms with E-state index in [9.17, 15) is 9.00 Å². The van der Waals surface area contributed by atoms with Crippen molar-refractivity contribution in [3.05, 3.63) is 0 Å². The van der Waals surface area contributed by atoms with Crippen LogP contribution in [-0.4, -0.2) is 26.3 Å². The van der Waals surface area contributed by atoms with Crippen molar-refractivity contribution in [2.75, 3.05) is 5.75 Å². The lowest BCUT2D eigenvalue weighted by atomic mass is 10.3. The summed E-state index contributed by atoms with van der Waals surface area (Å²) < 4.78 is 11.6. The molecule has 76 valence electrons. The highest BCUT2D eigenvalue weighted by Gasteiger charge is 2.39. The largest absolute Gasteiger partial charge is 0.480 e. The van der Waals surface area contributed by atoms with Crippen LogP contribution in [0.2, 0.25) is 0 Å². The van der Waals surface area contributed by atoms with Crippen LogP contribution in [0.25, 0.3) is 0 Å². The van der Waals surface area contributed by atoms with Gasteiger partial charge in [-0.05, 0) is 25.2 Å². The van der Waals surface area contributed by atoms with Gasteiger partial charge in [0.25, 0.3) is 0 Å². The second kappa shape index (κ2) is 4.74. The van der Waals surface area contributed by atoms with Crippen molar-refractivity contribution in [3.8, 4) is 0 Å². The van der Waals surface area contributed by atoms with Gasteiger partial charge >= 0.3 is 5.97 Å². The first-order valence-electron chi connectivity index (χ1n) is 4.76. The molecule has 0 spiro atoms. The Morgan fingerprint density at radius 3 is 2.62 bits per heavy atom. The first-order valence-corrected chi connectivity index (χ1v) is 6.15. The molecule has 0 aliphatic heterocycles. The van der Waals surface area contributed by atoms with Crippen LogP contribution < -0.4 is 0 Å². The summed E-state index contributed by atoms with van der Waals surface area (Å²) in [5, 5.41) is 8.27. The lowest BCUT2D eigenvalue weighted by molar-refractivity contribution is -0.136. The molecule has 0 aromatic carbocycles. The molecule has 4 heteroatoms. The lowest BCUT2D eigenvalue weighted by Gasteiger charge is -2.09. The fourth-order valence-corrected chi connectivity index (χ4v) is 3.09. The van der Waals surface area contributed by atoms with E-state index in [1.807, 2.05) is 6.92 Å². The Hall–Kier alpha value is -0.380. The van der Waals surface area contributed by atoms with E-state index < -0.39 is 22.0 Å². The van der Waals surface area contributed by atoms with Crippen LogP contribution in [0.15, 0.2) is 0 Å². The molecule has 1 aliphatic rings. The normalized spacial score (nSPS) is 21.0. The molecule has 3 nitrogen and oxygen atoms in total. The molecule has 1 saturated carbocycles. The monoisotopic (exact) mass is 204 g/mol. The Labute approximate surface area is 81.0 Å². The summed E-state index contributed by atoms with van der Waals surface area (Å²) in [4.78, 5) is 10.8. The van der Waals surface area contributed by atoms with Crippen LogP contribution in [0, 0.1) is 5.92 Å². The average molecular weight is 204 g/mol. The van der Waals surface area contributed by atoms with Gasteiger partial charge in [0, 0.05) is 16.6 Å². The second-order valence-corrected chi connectivity index (χ2v) is 5.21. The fourth-order valence-electron chi connectivity index (χ4n) is 1.34. The highest BCUT2D eigenvalue weighted by Crippen LogP contribution is 2.35. The Bertz CT molecular complexity index is 211. The van der Waals surface area contributed by atoms with E-state index in [2.05, 4.69) is 0 Å². The van der Waals surface area contributed by atoms with Gasteiger partial charge in [0.1, 0.15) is 5.25 Å². The minimum atomic E-state index is -1.15. The highest BCUT2D eigenvalue weighted by atomic mass is 32.2. The van der Waals surface area contributed by atoms with E-state index in [1.165, 1.54) is 0 Å². The predicted molar refractivity (Wildman–Crippen MR) is 52.1 cm³/mol. The van der Waals surface area contributed by atoms with E-state index >= 15 is 0 Å². The fraction of sp³-hybridized carbons (Fsp3) is 0.889. The Balaban J connectivity index is 2.44. The maximum Gasteiger partial charge on any atom is 0.319 e. The predicted octanol–water partition coefficient (Wildman–Crippen LogP) is 1.40. The van der Waals surface area contributed by atoms with E-state index in [0.717, 1.165) is 25.7 Å². The number of carboxylic acid groups (broad SMARTS) is 1. The third-order valence-electron chi connectivity index (χ3n) is 2.28. The number of hydrogen-bond acceptors (Lipinski definition) is 2. The molecule has 2 atom stereocenters. The molecule has 0 saturated heterocycles. The van der Waals surface area contributed by atoms with Gasteiger partial charge < -0.3 is 5.11 Å². The molecule has 0 amide bonds. The van der Waals surface area contributed by atoms with Gasteiger partial charge in [-0.1, -0.05) is 13.3 Å². The second-order valence-electron chi connectivity index (χ2n) is 3.53. The van der Waals surface area contributed by atoms with Gasteiger partial charge in [-0.15, -0.1) is 0 Å². The Morgan fingerprint density at radius 1 is 1.62 bits per heavy atom. The molecular weight excluding hydrogens is 188 g/mol. The number of aliphatic carboxylic acids is 1. The molecule has 0 bridgehead atoms. The molecule has 1 N–H and O–H groups in total. The quantitative estimate of drug-likeness (QED) is 0.711. The molecule has 1 fully saturated rings. The zero-order valence-electron chi connectivity index (χ0n) is 7.86. The van der Waals surface area contributed by atoms with Crippen molar-refractivity contribution in [2.45, 2.75) is 37.9 Å². The van der Waals surface area contributed by atoms with Crippen LogP contribution in [0.4, 0.5) is 0 Å². The van der Waals surface area contributed by atoms with E-state index in [1.54, 1.807) is 0 Å². The summed E-state index contributed by atoms with van der Waals surface area (Å²) in [6.45, 7) is 2.02. The van der Waals surface area contributed by atoms with Gasteiger partial charge in [0.2, 0.25) is 0 Å². The van der Waals surface area contributed by atoms with Crippen molar-refractivity contribution >= 4 is 16.8 Å². The Kier molecular flexibility index (Phi) is 3.90. The standard InChI is InChI=1S/C9H16O3S/c1-2-3-6-13(12)8(9(10)11)7-4-5-7/h7-8H,2-6H2,1H3,(H,10,11). The van der Waals surface area contributed by atoms with Gasteiger partial charge in [0.15, 0.2) is 0 Å². The summed E-state index contributed by atoms with van der Waals surface area (Å²) in [6.07, 6.45) is 3.72. The minimum absolute atomic E-state index is 0.190. The topological polar surface area (TPSA) is 54.4 Å². The number of rotatable bonds is 6. The first-order chi connectivity index (χ1) is 6.16. The third-order valence-corrected chi connectivity index (χ3v) is 4.12. The van der Waals surface area contributed by atoms with Crippen LogP contribution in [0.3, 0.4) is 0 Å². The molecule has 13 heavy (non-hydrogen) atoms. The van der Waals surface area contributed by atoms with Gasteiger partial charge in [-0.25, -0.2) is 0 Å². The van der Waals surface area contributed by atoms with Crippen molar-refractivity contribution in [3.63, 3.8) is 0 Å². The molecule has 0 aromatic heterocycles. The summed E-state index contributed by atoms with van der Waals surface area (Å²) in [5.74, 6) is -0.142. The van der Waals surface area contributed by atoms with Crippen molar-refractivity contribution < 1.29 is 14.1 Å². The summed E-state index contributed by atoms with van der Waals surface area (Å²) >= 11 is 0. The Morgan fingerprint density at radius 2 is 2.23 bits per heavy atom. The third kappa shape index (κ3) is 3.10. The summed E-state index contributed by atoms with van der Waals surface area (Å²) in [6, 6.07) is 0. The molecule has 0 radical (unpaired) electrons. The van der Waals surface area contributed by atoms with E-state index in [4.69, 9.17) is 5.11 Å². The summed E-state index contributed by atoms with van der Waals surface area (Å²) in [7, 11) is -1.15. The molecule has 2 unspecified atom stereocenters. The first kappa shape index (κ1) is 10.7.